The van der Waals surface area contributed by atoms with E-state index in [-0.39, 0.29) is 37.1 Å². The molecule has 1 aromatic heterocycles. The van der Waals surface area contributed by atoms with E-state index in [4.69, 9.17) is 5.26 Å². The lowest BCUT2D eigenvalue weighted by atomic mass is 10.2. The first-order valence-corrected chi connectivity index (χ1v) is 10.8. The van der Waals surface area contributed by atoms with Crippen molar-refractivity contribution in [3.05, 3.63) is 66.5 Å². The Morgan fingerprint density at radius 3 is 2.60 bits per heavy atom. The van der Waals surface area contributed by atoms with Crippen LogP contribution in [0.1, 0.15) is 5.56 Å². The predicted octanol–water partition coefficient (Wildman–Crippen LogP) is 2.64. The number of amides is 2. The molecule has 2 aromatic carbocycles. The fourth-order valence-electron chi connectivity index (χ4n) is 3.46. The molecule has 152 valence electrons. The van der Waals surface area contributed by atoms with Gasteiger partial charge in [0.05, 0.1) is 16.5 Å². The van der Waals surface area contributed by atoms with Crippen LogP contribution in [0.3, 0.4) is 0 Å². The van der Waals surface area contributed by atoms with Crippen molar-refractivity contribution in [1.82, 2.24) is 14.2 Å². The minimum absolute atomic E-state index is 0.204. The van der Waals surface area contributed by atoms with Crippen molar-refractivity contribution < 1.29 is 13.2 Å². The van der Waals surface area contributed by atoms with Crippen LogP contribution in [0.4, 0.5) is 10.5 Å². The summed E-state index contributed by atoms with van der Waals surface area (Å²) in [5, 5.41) is 13.1. The summed E-state index contributed by atoms with van der Waals surface area (Å²) in [5.74, 6) is 0. The van der Waals surface area contributed by atoms with Crippen molar-refractivity contribution in [1.29, 1.82) is 5.26 Å². The molecule has 1 aliphatic heterocycles. The average Bonchev–Trinajstić information content (AvgIpc) is 2.79. The molecule has 4 rings (SSSR count). The third kappa shape index (κ3) is 3.83. The van der Waals surface area contributed by atoms with Gasteiger partial charge in [0.2, 0.25) is 10.0 Å². The molecule has 0 bridgehead atoms. The number of aromatic nitrogens is 1. The summed E-state index contributed by atoms with van der Waals surface area (Å²) in [6.07, 6.45) is 3.21. The Balaban J connectivity index is 1.46. The van der Waals surface area contributed by atoms with E-state index in [1.54, 1.807) is 59.8 Å². The van der Waals surface area contributed by atoms with Gasteiger partial charge in [0, 0.05) is 55.0 Å². The Morgan fingerprint density at radius 1 is 1.07 bits per heavy atom. The summed E-state index contributed by atoms with van der Waals surface area (Å²) in [5.41, 5.74) is 0.979. The van der Waals surface area contributed by atoms with Gasteiger partial charge >= 0.3 is 6.03 Å². The third-order valence-electron chi connectivity index (χ3n) is 5.03. The Bertz CT molecular complexity index is 1240. The lowest BCUT2D eigenvalue weighted by Gasteiger charge is -2.34. The van der Waals surface area contributed by atoms with Gasteiger partial charge in [-0.25, -0.2) is 13.2 Å². The van der Waals surface area contributed by atoms with Crippen molar-refractivity contribution >= 4 is 32.5 Å². The summed E-state index contributed by atoms with van der Waals surface area (Å²) < 4.78 is 27.8. The number of hydrogen-bond donors (Lipinski definition) is 1. The van der Waals surface area contributed by atoms with Crippen molar-refractivity contribution in [2.45, 2.75) is 4.90 Å². The second kappa shape index (κ2) is 8.10. The lowest BCUT2D eigenvalue weighted by molar-refractivity contribution is 0.184. The van der Waals surface area contributed by atoms with E-state index < -0.39 is 10.0 Å². The number of hydrogen-bond acceptors (Lipinski definition) is 5. The van der Waals surface area contributed by atoms with Gasteiger partial charge in [0.15, 0.2) is 0 Å². The zero-order chi connectivity index (χ0) is 21.1. The number of rotatable bonds is 3. The molecule has 2 amide bonds. The molecule has 1 fully saturated rings. The largest absolute Gasteiger partial charge is 0.322 e. The van der Waals surface area contributed by atoms with E-state index in [1.807, 2.05) is 12.1 Å². The first kappa shape index (κ1) is 19.8. The lowest BCUT2D eigenvalue weighted by Crippen LogP contribution is -2.51. The van der Waals surface area contributed by atoms with Crippen LogP contribution in [0.5, 0.6) is 0 Å². The summed E-state index contributed by atoms with van der Waals surface area (Å²) in [7, 11) is -3.69. The van der Waals surface area contributed by atoms with Gasteiger partial charge in [-0.05, 0) is 30.3 Å². The number of sulfonamides is 1. The molecule has 0 atom stereocenters. The van der Waals surface area contributed by atoms with Gasteiger partial charge in [-0.3, -0.25) is 4.98 Å². The maximum absolute atomic E-state index is 13.2. The second-order valence-electron chi connectivity index (χ2n) is 6.87. The molecule has 0 radical (unpaired) electrons. The normalized spacial score (nSPS) is 15.0. The SMILES string of the molecule is N#Cc1cccc(NC(=O)N2CCN(S(=O)(=O)c3cccc4cnccc34)CC2)c1. The first-order chi connectivity index (χ1) is 14.5. The Morgan fingerprint density at radius 2 is 1.83 bits per heavy atom. The second-order valence-corrected chi connectivity index (χ2v) is 8.77. The van der Waals surface area contributed by atoms with Crippen molar-refractivity contribution in [2.75, 3.05) is 31.5 Å². The summed E-state index contributed by atoms with van der Waals surface area (Å²) in [6, 6.07) is 15.2. The van der Waals surface area contributed by atoms with E-state index >= 15 is 0 Å². The molecule has 3 aromatic rings. The Kier molecular flexibility index (Phi) is 5.35. The average molecular weight is 421 g/mol. The van der Waals surface area contributed by atoms with Gasteiger partial charge in [0.1, 0.15) is 0 Å². The van der Waals surface area contributed by atoms with Crippen LogP contribution in [0.15, 0.2) is 65.8 Å². The molecule has 0 saturated carbocycles. The number of piperazine rings is 1. The topological polar surface area (TPSA) is 106 Å². The number of anilines is 1. The zero-order valence-corrected chi connectivity index (χ0v) is 16.8. The number of carbonyl (C=O) groups is 1. The van der Waals surface area contributed by atoms with E-state index in [0.29, 0.717) is 16.6 Å². The molecule has 0 unspecified atom stereocenters. The van der Waals surface area contributed by atoms with Gasteiger partial charge in [-0.2, -0.15) is 9.57 Å². The molecule has 1 N–H and O–H groups in total. The minimum atomic E-state index is -3.69. The van der Waals surface area contributed by atoms with Crippen molar-refractivity contribution in [2.24, 2.45) is 0 Å². The molecular weight excluding hydrogens is 402 g/mol. The predicted molar refractivity (Wildman–Crippen MR) is 112 cm³/mol. The van der Waals surface area contributed by atoms with Crippen molar-refractivity contribution in [3.63, 3.8) is 0 Å². The van der Waals surface area contributed by atoms with E-state index in [1.165, 1.54) is 4.31 Å². The van der Waals surface area contributed by atoms with Gasteiger partial charge in [0.25, 0.3) is 0 Å². The fourth-order valence-corrected chi connectivity index (χ4v) is 5.09. The van der Waals surface area contributed by atoms with E-state index in [9.17, 15) is 13.2 Å². The maximum atomic E-state index is 13.2. The molecule has 9 heteroatoms. The summed E-state index contributed by atoms with van der Waals surface area (Å²) >= 11 is 0. The molecule has 0 spiro atoms. The fraction of sp³-hybridized carbons (Fsp3) is 0.190. The van der Waals surface area contributed by atoms with Crippen LogP contribution in [0, 0.1) is 11.3 Å². The highest BCUT2D eigenvalue weighted by Gasteiger charge is 2.31. The van der Waals surface area contributed by atoms with E-state index in [0.717, 1.165) is 5.39 Å². The van der Waals surface area contributed by atoms with Gasteiger partial charge < -0.3 is 10.2 Å². The Hall–Kier alpha value is -3.48. The number of nitriles is 1. The molecule has 1 saturated heterocycles. The maximum Gasteiger partial charge on any atom is 0.321 e. The molecule has 2 heterocycles. The molecule has 30 heavy (non-hydrogen) atoms. The highest BCUT2D eigenvalue weighted by atomic mass is 32.2. The molecule has 1 aliphatic rings. The van der Waals surface area contributed by atoms with Crippen LogP contribution >= 0.6 is 0 Å². The standard InChI is InChI=1S/C21H19N5O3S/c22-14-16-3-1-5-18(13-16)24-21(27)25-9-11-26(12-10-25)30(28,29)20-6-2-4-17-15-23-8-7-19(17)20/h1-8,13,15H,9-12H2,(H,24,27). The van der Waals surface area contributed by atoms with E-state index in [2.05, 4.69) is 10.3 Å². The quantitative estimate of drug-likeness (QED) is 0.700. The van der Waals surface area contributed by atoms with Crippen LogP contribution in [-0.4, -0.2) is 54.8 Å². The Labute approximate surface area is 174 Å². The number of benzene rings is 2. The minimum Gasteiger partial charge on any atom is -0.322 e. The highest BCUT2D eigenvalue weighted by molar-refractivity contribution is 7.89. The number of fused-ring (bicyclic) bond motifs is 1. The number of urea groups is 1. The highest BCUT2D eigenvalue weighted by Crippen LogP contribution is 2.26. The van der Waals surface area contributed by atoms with Crippen LogP contribution in [0.2, 0.25) is 0 Å². The zero-order valence-electron chi connectivity index (χ0n) is 16.0. The van der Waals surface area contributed by atoms with Crippen molar-refractivity contribution in [3.8, 4) is 6.07 Å². The number of carbonyl (C=O) groups excluding carboxylic acids is 1. The van der Waals surface area contributed by atoms with Crippen LogP contribution < -0.4 is 5.32 Å². The van der Waals surface area contributed by atoms with Gasteiger partial charge in [-0.1, -0.05) is 18.2 Å². The third-order valence-corrected chi connectivity index (χ3v) is 6.98. The smallest absolute Gasteiger partial charge is 0.321 e. The monoisotopic (exact) mass is 421 g/mol. The van der Waals surface area contributed by atoms with Gasteiger partial charge in [-0.15, -0.1) is 0 Å². The molecule has 0 aliphatic carbocycles. The first-order valence-electron chi connectivity index (χ1n) is 9.38. The summed E-state index contributed by atoms with van der Waals surface area (Å²) in [6.45, 7) is 0.954. The summed E-state index contributed by atoms with van der Waals surface area (Å²) in [4.78, 5) is 18.4. The van der Waals surface area contributed by atoms with Crippen LogP contribution in [-0.2, 0) is 10.0 Å². The number of pyridine rings is 1. The van der Waals surface area contributed by atoms with Crippen LogP contribution in [0.25, 0.3) is 10.8 Å². The number of nitrogens with one attached hydrogen (secondary N) is 1. The molecule has 8 nitrogen and oxygen atoms in total. The number of nitrogens with zero attached hydrogens (tertiary/aromatic N) is 4. The molecular formula is C21H19N5O3S.